The molecule has 1 heterocycles. The number of nitrogens with zero attached hydrogens (tertiary/aromatic N) is 1. The predicted octanol–water partition coefficient (Wildman–Crippen LogP) is 1.31. The molecule has 0 aromatic heterocycles. The zero-order valence-electron chi connectivity index (χ0n) is 10.6. The summed E-state index contributed by atoms with van der Waals surface area (Å²) < 4.78 is 31.6. The van der Waals surface area contributed by atoms with Crippen LogP contribution in [0.25, 0.3) is 0 Å². The zero-order chi connectivity index (χ0) is 13.3. The fraction of sp³-hybridized carbons (Fsp3) is 0.500. The van der Waals surface area contributed by atoms with Gasteiger partial charge in [0.25, 0.3) is 0 Å². The van der Waals surface area contributed by atoms with Crippen LogP contribution in [-0.4, -0.2) is 32.9 Å². The highest BCUT2D eigenvalue weighted by atomic mass is 32.2. The molecule has 2 N–H and O–H groups in total. The second-order valence-corrected chi connectivity index (χ2v) is 6.57. The van der Waals surface area contributed by atoms with Crippen molar-refractivity contribution in [2.24, 2.45) is 5.92 Å². The van der Waals surface area contributed by atoms with Crippen molar-refractivity contribution in [3.63, 3.8) is 0 Å². The van der Waals surface area contributed by atoms with Crippen LogP contribution in [0.15, 0.2) is 23.1 Å². The quantitative estimate of drug-likeness (QED) is 0.840. The van der Waals surface area contributed by atoms with Crippen molar-refractivity contribution in [2.45, 2.75) is 18.2 Å². The number of hydrogen-bond acceptors (Lipinski definition) is 4. The Labute approximate surface area is 108 Å². The van der Waals surface area contributed by atoms with E-state index < -0.39 is 10.0 Å². The average Bonchev–Trinajstić information content (AvgIpc) is 2.76. The highest BCUT2D eigenvalue weighted by Gasteiger charge is 2.32. The Kier molecular flexibility index (Phi) is 3.49. The molecule has 0 spiro atoms. The molecule has 1 aromatic carbocycles. The van der Waals surface area contributed by atoms with Gasteiger partial charge in [0.1, 0.15) is 10.6 Å². The average molecular weight is 270 g/mol. The Bertz CT molecular complexity index is 542. The van der Waals surface area contributed by atoms with Crippen molar-refractivity contribution in [1.29, 1.82) is 0 Å². The number of nitrogen functional groups attached to an aromatic ring is 1. The minimum absolute atomic E-state index is 0.152. The maximum Gasteiger partial charge on any atom is 0.246 e. The van der Waals surface area contributed by atoms with Gasteiger partial charge in [0.2, 0.25) is 10.0 Å². The lowest BCUT2D eigenvalue weighted by molar-refractivity contribution is 0.397. The van der Waals surface area contributed by atoms with Crippen LogP contribution >= 0.6 is 0 Å². The molecule has 6 heteroatoms. The molecule has 0 aliphatic carbocycles. The van der Waals surface area contributed by atoms with Gasteiger partial charge in [-0.3, -0.25) is 0 Å². The third-order valence-electron chi connectivity index (χ3n) is 3.19. The smallest absolute Gasteiger partial charge is 0.246 e. The second kappa shape index (κ2) is 4.78. The summed E-state index contributed by atoms with van der Waals surface area (Å²) in [6, 6.07) is 4.67. The van der Waals surface area contributed by atoms with Crippen LogP contribution in [0.4, 0.5) is 5.69 Å². The minimum Gasteiger partial charge on any atom is -0.495 e. The summed E-state index contributed by atoms with van der Waals surface area (Å²) in [7, 11) is -2.05. The first-order valence-corrected chi connectivity index (χ1v) is 7.33. The highest BCUT2D eigenvalue weighted by molar-refractivity contribution is 7.89. The number of ether oxygens (including phenoxy) is 1. The molecule has 0 radical (unpaired) electrons. The molecule has 100 valence electrons. The van der Waals surface area contributed by atoms with Crippen molar-refractivity contribution in [3.05, 3.63) is 18.2 Å². The SMILES string of the molecule is COc1ccc(N)cc1S(=O)(=O)N1CCC(C)C1. The number of hydrogen-bond donors (Lipinski definition) is 1. The van der Waals surface area contributed by atoms with Gasteiger partial charge in [0.05, 0.1) is 7.11 Å². The number of anilines is 1. The Hall–Kier alpha value is -1.27. The van der Waals surface area contributed by atoms with E-state index in [4.69, 9.17) is 10.5 Å². The van der Waals surface area contributed by atoms with E-state index >= 15 is 0 Å². The largest absolute Gasteiger partial charge is 0.495 e. The molecule has 1 aliphatic rings. The Morgan fingerprint density at radius 3 is 2.72 bits per heavy atom. The van der Waals surface area contributed by atoms with Gasteiger partial charge in [-0.1, -0.05) is 6.92 Å². The highest BCUT2D eigenvalue weighted by Crippen LogP contribution is 2.31. The fourth-order valence-electron chi connectivity index (χ4n) is 2.15. The Morgan fingerprint density at radius 1 is 1.44 bits per heavy atom. The van der Waals surface area contributed by atoms with Gasteiger partial charge in [0, 0.05) is 18.8 Å². The van der Waals surface area contributed by atoms with Crippen molar-refractivity contribution < 1.29 is 13.2 Å². The molecule has 1 fully saturated rings. The van der Waals surface area contributed by atoms with E-state index in [0.717, 1.165) is 6.42 Å². The molecule has 18 heavy (non-hydrogen) atoms. The third kappa shape index (κ3) is 2.30. The van der Waals surface area contributed by atoms with E-state index in [2.05, 4.69) is 0 Å². The van der Waals surface area contributed by atoms with Gasteiger partial charge >= 0.3 is 0 Å². The lowest BCUT2D eigenvalue weighted by Crippen LogP contribution is -2.29. The van der Waals surface area contributed by atoms with Gasteiger partial charge in [-0.2, -0.15) is 4.31 Å². The predicted molar refractivity (Wildman–Crippen MR) is 69.9 cm³/mol. The van der Waals surface area contributed by atoms with Gasteiger partial charge in [0.15, 0.2) is 0 Å². The summed E-state index contributed by atoms with van der Waals surface area (Å²) in [5, 5.41) is 0. The summed E-state index contributed by atoms with van der Waals surface area (Å²) >= 11 is 0. The molecule has 5 nitrogen and oxygen atoms in total. The molecule has 1 atom stereocenters. The number of benzene rings is 1. The van der Waals surface area contributed by atoms with E-state index in [0.29, 0.717) is 30.4 Å². The molecule has 0 amide bonds. The van der Waals surface area contributed by atoms with E-state index in [1.807, 2.05) is 6.92 Å². The first-order chi connectivity index (χ1) is 8.45. The van der Waals surface area contributed by atoms with Crippen LogP contribution in [0.3, 0.4) is 0 Å². The van der Waals surface area contributed by atoms with Crippen molar-refractivity contribution in [1.82, 2.24) is 4.31 Å². The normalized spacial score (nSPS) is 21.1. The van der Waals surface area contributed by atoms with Gasteiger partial charge < -0.3 is 10.5 Å². The molecule has 1 aromatic rings. The molecular weight excluding hydrogens is 252 g/mol. The first kappa shape index (κ1) is 13.2. The molecular formula is C12H18N2O3S. The lowest BCUT2D eigenvalue weighted by Gasteiger charge is -2.18. The summed E-state index contributed by atoms with van der Waals surface area (Å²) in [5.41, 5.74) is 6.08. The number of rotatable bonds is 3. The zero-order valence-corrected chi connectivity index (χ0v) is 11.4. The van der Waals surface area contributed by atoms with Crippen LogP contribution in [0, 0.1) is 5.92 Å². The summed E-state index contributed by atoms with van der Waals surface area (Å²) in [6.45, 7) is 3.16. The fourth-order valence-corrected chi connectivity index (χ4v) is 3.91. The third-order valence-corrected chi connectivity index (χ3v) is 5.08. The van der Waals surface area contributed by atoms with Crippen molar-refractivity contribution in [2.75, 3.05) is 25.9 Å². The second-order valence-electron chi connectivity index (χ2n) is 4.67. The summed E-state index contributed by atoms with van der Waals surface area (Å²) in [5.74, 6) is 0.732. The number of methoxy groups -OCH3 is 1. The van der Waals surface area contributed by atoms with E-state index in [-0.39, 0.29) is 4.90 Å². The van der Waals surface area contributed by atoms with Gasteiger partial charge in [-0.25, -0.2) is 8.42 Å². The van der Waals surface area contributed by atoms with Crippen LogP contribution in [0.1, 0.15) is 13.3 Å². The Morgan fingerprint density at radius 2 is 2.17 bits per heavy atom. The summed E-state index contributed by atoms with van der Waals surface area (Å²) in [6.07, 6.45) is 0.893. The molecule has 1 saturated heterocycles. The standard InChI is InChI=1S/C12H18N2O3S/c1-9-5-6-14(8-9)18(15,16)12-7-10(13)3-4-11(12)17-2/h3-4,7,9H,5-6,8,13H2,1-2H3. The monoisotopic (exact) mass is 270 g/mol. The van der Waals surface area contributed by atoms with Crippen molar-refractivity contribution >= 4 is 15.7 Å². The van der Waals surface area contributed by atoms with Gasteiger partial charge in [-0.15, -0.1) is 0 Å². The van der Waals surface area contributed by atoms with Crippen LogP contribution in [0.2, 0.25) is 0 Å². The number of nitrogens with two attached hydrogens (primary N) is 1. The van der Waals surface area contributed by atoms with Crippen LogP contribution < -0.4 is 10.5 Å². The van der Waals surface area contributed by atoms with Crippen molar-refractivity contribution in [3.8, 4) is 5.75 Å². The molecule has 1 aliphatic heterocycles. The van der Waals surface area contributed by atoms with Gasteiger partial charge in [-0.05, 0) is 30.5 Å². The van der Waals surface area contributed by atoms with E-state index in [9.17, 15) is 8.42 Å². The maximum atomic E-state index is 12.5. The molecule has 1 unspecified atom stereocenters. The maximum absolute atomic E-state index is 12.5. The molecule has 0 saturated carbocycles. The van der Waals surface area contributed by atoms with Crippen LogP contribution in [0.5, 0.6) is 5.75 Å². The first-order valence-electron chi connectivity index (χ1n) is 5.89. The molecule has 0 bridgehead atoms. The Balaban J connectivity index is 2.43. The van der Waals surface area contributed by atoms with Crippen LogP contribution in [-0.2, 0) is 10.0 Å². The topological polar surface area (TPSA) is 72.6 Å². The minimum atomic E-state index is -3.51. The molecule has 2 rings (SSSR count). The number of sulfonamides is 1. The van der Waals surface area contributed by atoms with E-state index in [1.165, 1.54) is 17.5 Å². The lowest BCUT2D eigenvalue weighted by atomic mass is 10.2. The van der Waals surface area contributed by atoms with E-state index in [1.54, 1.807) is 12.1 Å². The summed E-state index contributed by atoms with van der Waals surface area (Å²) in [4.78, 5) is 0.152.